The van der Waals surface area contributed by atoms with Gasteiger partial charge in [-0.25, -0.2) is 8.42 Å². The third kappa shape index (κ3) is 3.52. The quantitative estimate of drug-likeness (QED) is 0.851. The molecule has 0 heterocycles. The number of aliphatic hydroxyl groups is 1. The van der Waals surface area contributed by atoms with Crippen molar-refractivity contribution in [2.24, 2.45) is 0 Å². The largest absolute Gasteiger partial charge is 0.383 e. The molecule has 1 aliphatic carbocycles. The Kier molecular flexibility index (Phi) is 4.79. The summed E-state index contributed by atoms with van der Waals surface area (Å²) in [4.78, 5) is -0.422. The van der Waals surface area contributed by atoms with Crippen molar-refractivity contribution < 1.29 is 22.3 Å². The number of hydrogen-bond acceptors (Lipinski definition) is 4. The van der Waals surface area contributed by atoms with Crippen molar-refractivity contribution in [2.45, 2.75) is 35.5 Å². The molecule has 2 aromatic carbocycles. The van der Waals surface area contributed by atoms with Gasteiger partial charge >= 0.3 is 5.76 Å². The Hall–Kier alpha value is -1.99. The molecule has 2 N–H and O–H groups in total. The molecule has 1 unspecified atom stereocenters. The number of halogens is 2. The van der Waals surface area contributed by atoms with E-state index < -0.39 is 26.1 Å². The number of hydrogen-bond donors (Lipinski definition) is 2. The fraction of sp³-hybridized carbons (Fsp3) is 0.333. The maximum absolute atomic E-state index is 12.5. The summed E-state index contributed by atoms with van der Waals surface area (Å²) in [5, 5.41) is 14.1. The van der Waals surface area contributed by atoms with E-state index in [4.69, 9.17) is 0 Å². The van der Waals surface area contributed by atoms with Crippen LogP contribution in [0.4, 0.5) is 14.5 Å². The fourth-order valence-corrected chi connectivity index (χ4v) is 3.92. The first kappa shape index (κ1) is 17.8. The van der Waals surface area contributed by atoms with Crippen LogP contribution in [0.2, 0.25) is 0 Å². The zero-order valence-corrected chi connectivity index (χ0v) is 14.3. The van der Waals surface area contributed by atoms with E-state index in [0.717, 1.165) is 36.1 Å². The molecule has 134 valence electrons. The summed E-state index contributed by atoms with van der Waals surface area (Å²) in [7, 11) is -4.59. The lowest BCUT2D eigenvalue weighted by atomic mass is 9.79. The third-order valence-corrected chi connectivity index (χ3v) is 5.96. The normalized spacial score (nSPS) is 20.3. The van der Waals surface area contributed by atoms with E-state index in [2.05, 4.69) is 5.32 Å². The summed E-state index contributed by atoms with van der Waals surface area (Å²) in [6, 6.07) is 12.9. The SMILES string of the molecule is O=S(=O)(c1ccc(NCC2(O)CCCc3ccccc32)cc1)C(F)F. The Balaban J connectivity index is 1.75. The van der Waals surface area contributed by atoms with Crippen LogP contribution in [0.5, 0.6) is 0 Å². The number of fused-ring (bicyclic) bond motifs is 1. The summed E-state index contributed by atoms with van der Waals surface area (Å²) in [5.74, 6) is -3.44. The number of rotatable bonds is 5. The Morgan fingerprint density at radius 3 is 2.48 bits per heavy atom. The molecule has 0 bridgehead atoms. The Labute approximate surface area is 145 Å². The molecule has 1 atom stereocenters. The number of benzene rings is 2. The zero-order valence-electron chi connectivity index (χ0n) is 13.5. The van der Waals surface area contributed by atoms with E-state index in [-0.39, 0.29) is 6.54 Å². The van der Waals surface area contributed by atoms with E-state index in [9.17, 15) is 22.3 Å². The van der Waals surface area contributed by atoms with Crippen molar-refractivity contribution in [2.75, 3.05) is 11.9 Å². The minimum Gasteiger partial charge on any atom is -0.383 e. The second-order valence-electron chi connectivity index (χ2n) is 6.23. The summed E-state index contributed by atoms with van der Waals surface area (Å²) in [5.41, 5.74) is 1.56. The maximum atomic E-state index is 12.5. The number of alkyl halides is 2. The van der Waals surface area contributed by atoms with Crippen LogP contribution in [0.1, 0.15) is 24.0 Å². The van der Waals surface area contributed by atoms with Crippen LogP contribution in [-0.2, 0) is 21.9 Å². The van der Waals surface area contributed by atoms with Crippen LogP contribution in [0.15, 0.2) is 53.4 Å². The van der Waals surface area contributed by atoms with E-state index in [1.807, 2.05) is 24.3 Å². The molecule has 0 spiro atoms. The summed E-state index contributed by atoms with van der Waals surface area (Å²) in [6.45, 7) is 0.255. The van der Waals surface area contributed by atoms with Gasteiger partial charge in [-0.2, -0.15) is 8.78 Å². The third-order valence-electron chi connectivity index (χ3n) is 4.56. The van der Waals surface area contributed by atoms with Crippen molar-refractivity contribution in [3.63, 3.8) is 0 Å². The number of anilines is 1. The van der Waals surface area contributed by atoms with Crippen LogP contribution in [0.3, 0.4) is 0 Å². The molecule has 0 radical (unpaired) electrons. The van der Waals surface area contributed by atoms with Gasteiger partial charge in [0.1, 0.15) is 5.60 Å². The van der Waals surface area contributed by atoms with Gasteiger partial charge in [0, 0.05) is 12.2 Å². The standard InChI is InChI=1S/C18H19F2NO3S/c19-17(20)25(23,24)15-9-7-14(8-10-15)21-12-18(22)11-3-5-13-4-1-2-6-16(13)18/h1-2,4,6-10,17,21-22H,3,5,11-12H2. The Bertz CT molecular complexity index is 853. The van der Waals surface area contributed by atoms with Crippen LogP contribution in [0.25, 0.3) is 0 Å². The van der Waals surface area contributed by atoms with Crippen molar-refractivity contribution in [3.8, 4) is 0 Å². The first-order valence-electron chi connectivity index (χ1n) is 8.00. The van der Waals surface area contributed by atoms with E-state index in [0.29, 0.717) is 12.1 Å². The highest BCUT2D eigenvalue weighted by atomic mass is 32.2. The van der Waals surface area contributed by atoms with Gasteiger partial charge in [0.2, 0.25) is 9.84 Å². The molecular formula is C18H19F2NO3S. The van der Waals surface area contributed by atoms with Crippen molar-refractivity contribution in [1.82, 2.24) is 0 Å². The average molecular weight is 367 g/mol. The smallest absolute Gasteiger partial charge is 0.341 e. The molecular weight excluding hydrogens is 348 g/mol. The van der Waals surface area contributed by atoms with Gasteiger partial charge in [-0.05, 0) is 54.7 Å². The van der Waals surface area contributed by atoms with Gasteiger partial charge < -0.3 is 10.4 Å². The molecule has 1 aliphatic rings. The predicted molar refractivity (Wildman–Crippen MR) is 91.4 cm³/mol. The topological polar surface area (TPSA) is 66.4 Å². The zero-order chi connectivity index (χ0) is 18.1. The number of sulfone groups is 1. The molecule has 0 saturated carbocycles. The summed E-state index contributed by atoms with van der Waals surface area (Å²) in [6.07, 6.45) is 2.42. The average Bonchev–Trinajstić information content (AvgIpc) is 2.61. The van der Waals surface area contributed by atoms with E-state index >= 15 is 0 Å². The highest BCUT2D eigenvalue weighted by molar-refractivity contribution is 7.91. The van der Waals surface area contributed by atoms with Crippen molar-refractivity contribution in [1.29, 1.82) is 0 Å². The molecule has 4 nitrogen and oxygen atoms in total. The second kappa shape index (κ2) is 6.72. The van der Waals surface area contributed by atoms with Crippen LogP contribution in [0, 0.1) is 0 Å². The van der Waals surface area contributed by atoms with Crippen LogP contribution >= 0.6 is 0 Å². The summed E-state index contributed by atoms with van der Waals surface area (Å²) < 4.78 is 47.9. The lowest BCUT2D eigenvalue weighted by molar-refractivity contribution is 0.0323. The first-order valence-corrected chi connectivity index (χ1v) is 9.54. The monoisotopic (exact) mass is 367 g/mol. The van der Waals surface area contributed by atoms with Crippen molar-refractivity contribution in [3.05, 3.63) is 59.7 Å². The molecule has 7 heteroatoms. The molecule has 25 heavy (non-hydrogen) atoms. The molecule has 0 aromatic heterocycles. The second-order valence-corrected chi connectivity index (χ2v) is 8.14. The van der Waals surface area contributed by atoms with Gasteiger partial charge in [0.05, 0.1) is 4.90 Å². The van der Waals surface area contributed by atoms with E-state index in [1.165, 1.54) is 12.1 Å². The molecule has 2 aromatic rings. The van der Waals surface area contributed by atoms with Crippen LogP contribution in [-0.4, -0.2) is 25.8 Å². The van der Waals surface area contributed by atoms with Crippen molar-refractivity contribution >= 4 is 15.5 Å². The molecule has 0 aliphatic heterocycles. The van der Waals surface area contributed by atoms with Gasteiger partial charge in [-0.1, -0.05) is 24.3 Å². The van der Waals surface area contributed by atoms with E-state index in [1.54, 1.807) is 0 Å². The minimum absolute atomic E-state index is 0.255. The lowest BCUT2D eigenvalue weighted by Crippen LogP contribution is -2.37. The Morgan fingerprint density at radius 1 is 1.12 bits per heavy atom. The van der Waals surface area contributed by atoms with Crippen LogP contribution < -0.4 is 5.32 Å². The molecule has 0 saturated heterocycles. The lowest BCUT2D eigenvalue weighted by Gasteiger charge is -2.35. The van der Waals surface area contributed by atoms with Gasteiger partial charge in [-0.15, -0.1) is 0 Å². The number of nitrogens with one attached hydrogen (secondary N) is 1. The predicted octanol–water partition coefficient (Wildman–Crippen LogP) is 3.32. The summed E-state index contributed by atoms with van der Waals surface area (Å²) >= 11 is 0. The highest BCUT2D eigenvalue weighted by Gasteiger charge is 2.34. The van der Waals surface area contributed by atoms with Gasteiger partial charge in [0.15, 0.2) is 0 Å². The number of aryl methyl sites for hydroxylation is 1. The molecule has 0 fully saturated rings. The minimum atomic E-state index is -4.59. The van der Waals surface area contributed by atoms with Gasteiger partial charge in [-0.3, -0.25) is 0 Å². The molecule has 0 amide bonds. The highest BCUT2D eigenvalue weighted by Crippen LogP contribution is 2.35. The fourth-order valence-electron chi connectivity index (χ4n) is 3.20. The first-order chi connectivity index (χ1) is 11.8. The molecule has 3 rings (SSSR count). The Morgan fingerprint density at radius 2 is 1.80 bits per heavy atom. The van der Waals surface area contributed by atoms with Gasteiger partial charge in [0.25, 0.3) is 0 Å². The maximum Gasteiger partial charge on any atom is 0.341 e.